The van der Waals surface area contributed by atoms with Crippen LogP contribution < -0.4 is 5.32 Å². The molecule has 3 aromatic rings. The molecule has 0 aromatic carbocycles. The van der Waals surface area contributed by atoms with Gasteiger partial charge in [0.25, 0.3) is 0 Å². The summed E-state index contributed by atoms with van der Waals surface area (Å²) in [6, 6.07) is 5.71. The van der Waals surface area contributed by atoms with E-state index in [1.165, 1.54) is 0 Å². The topological polar surface area (TPSA) is 83.9 Å². The van der Waals surface area contributed by atoms with Gasteiger partial charge in [0, 0.05) is 24.3 Å². The van der Waals surface area contributed by atoms with E-state index in [9.17, 15) is 4.79 Å². The van der Waals surface area contributed by atoms with E-state index in [1.807, 2.05) is 29.3 Å². The van der Waals surface area contributed by atoms with Crippen LogP contribution in [0.25, 0.3) is 0 Å². The Kier molecular flexibility index (Phi) is 5.06. The molecule has 4 heterocycles. The number of anilines is 2. The van der Waals surface area contributed by atoms with E-state index in [4.69, 9.17) is 0 Å². The number of hydrogen-bond donors (Lipinski definition) is 1. The zero-order chi connectivity index (χ0) is 18.6. The Labute approximate surface area is 161 Å². The second kappa shape index (κ2) is 7.79. The Balaban J connectivity index is 1.44. The van der Waals surface area contributed by atoms with Crippen LogP contribution in [0.15, 0.2) is 42.2 Å². The molecule has 1 aliphatic rings. The van der Waals surface area contributed by atoms with Crippen LogP contribution in [0.1, 0.15) is 35.3 Å². The van der Waals surface area contributed by atoms with Crippen molar-refractivity contribution >= 4 is 28.9 Å². The summed E-state index contributed by atoms with van der Waals surface area (Å²) in [7, 11) is 0. The van der Waals surface area contributed by atoms with E-state index < -0.39 is 0 Å². The summed E-state index contributed by atoms with van der Waals surface area (Å²) in [5, 5.41) is 6.07. The molecule has 0 aliphatic carbocycles. The molecule has 0 radical (unpaired) electrons. The normalized spacial score (nSPS) is 16.5. The SMILES string of the molecule is Cc1nc(CC(=O)N2CCCC2c2ccc(Nc3ncccn3)cn2)cs1. The molecule has 0 saturated carbocycles. The third kappa shape index (κ3) is 4.11. The fraction of sp³-hybridized carbons (Fsp3) is 0.316. The fourth-order valence-electron chi connectivity index (χ4n) is 3.29. The Morgan fingerprint density at radius 3 is 2.85 bits per heavy atom. The monoisotopic (exact) mass is 380 g/mol. The Morgan fingerprint density at radius 2 is 2.15 bits per heavy atom. The molecule has 1 saturated heterocycles. The molecule has 0 bridgehead atoms. The molecule has 1 N–H and O–H groups in total. The molecule has 3 aromatic heterocycles. The van der Waals surface area contributed by atoms with E-state index in [1.54, 1.807) is 36.0 Å². The Hall–Kier alpha value is -2.87. The lowest BCUT2D eigenvalue weighted by Gasteiger charge is -2.24. The predicted molar refractivity (Wildman–Crippen MR) is 104 cm³/mol. The zero-order valence-corrected chi connectivity index (χ0v) is 15.8. The molecular weight excluding hydrogens is 360 g/mol. The average Bonchev–Trinajstić information content (AvgIpc) is 3.32. The molecule has 7 nitrogen and oxygen atoms in total. The van der Waals surface area contributed by atoms with Crippen molar-refractivity contribution in [3.05, 3.63) is 58.6 Å². The first-order chi connectivity index (χ1) is 13.2. The smallest absolute Gasteiger partial charge is 0.229 e. The summed E-state index contributed by atoms with van der Waals surface area (Å²) >= 11 is 1.58. The van der Waals surface area contributed by atoms with Gasteiger partial charge < -0.3 is 10.2 Å². The van der Waals surface area contributed by atoms with Crippen molar-refractivity contribution in [2.45, 2.75) is 32.2 Å². The first-order valence-electron chi connectivity index (χ1n) is 8.89. The summed E-state index contributed by atoms with van der Waals surface area (Å²) in [5.74, 6) is 0.646. The van der Waals surface area contributed by atoms with Gasteiger partial charge in [-0.15, -0.1) is 11.3 Å². The van der Waals surface area contributed by atoms with E-state index in [2.05, 4.69) is 25.3 Å². The van der Waals surface area contributed by atoms with Crippen molar-refractivity contribution in [3.8, 4) is 0 Å². The van der Waals surface area contributed by atoms with Gasteiger partial charge in [0.05, 0.1) is 40.7 Å². The third-order valence-corrected chi connectivity index (χ3v) is 5.34. The van der Waals surface area contributed by atoms with Crippen LogP contribution in [0.2, 0.25) is 0 Å². The lowest BCUT2D eigenvalue weighted by Crippen LogP contribution is -2.32. The van der Waals surface area contributed by atoms with Gasteiger partial charge in [0.2, 0.25) is 11.9 Å². The van der Waals surface area contributed by atoms with Crippen LogP contribution in [0.3, 0.4) is 0 Å². The van der Waals surface area contributed by atoms with Crippen molar-refractivity contribution < 1.29 is 4.79 Å². The molecule has 138 valence electrons. The highest BCUT2D eigenvalue weighted by molar-refractivity contribution is 7.09. The number of thiazole rings is 1. The highest BCUT2D eigenvalue weighted by Gasteiger charge is 2.31. The number of hydrogen-bond acceptors (Lipinski definition) is 7. The minimum atomic E-state index is 0.0271. The van der Waals surface area contributed by atoms with Gasteiger partial charge in [-0.1, -0.05) is 0 Å². The summed E-state index contributed by atoms with van der Waals surface area (Å²) in [5.41, 5.74) is 2.58. The number of nitrogens with one attached hydrogen (secondary N) is 1. The second-order valence-electron chi connectivity index (χ2n) is 6.45. The number of rotatable bonds is 5. The lowest BCUT2D eigenvalue weighted by molar-refractivity contribution is -0.131. The number of aryl methyl sites for hydroxylation is 1. The van der Waals surface area contributed by atoms with Crippen molar-refractivity contribution in [2.24, 2.45) is 0 Å². The van der Waals surface area contributed by atoms with Crippen molar-refractivity contribution in [3.63, 3.8) is 0 Å². The molecule has 1 fully saturated rings. The van der Waals surface area contributed by atoms with E-state index in [-0.39, 0.29) is 11.9 Å². The maximum Gasteiger partial charge on any atom is 0.229 e. The van der Waals surface area contributed by atoms with E-state index in [0.29, 0.717) is 12.4 Å². The minimum absolute atomic E-state index is 0.0271. The average molecular weight is 380 g/mol. The molecule has 8 heteroatoms. The van der Waals surface area contributed by atoms with Crippen LogP contribution in [-0.2, 0) is 11.2 Å². The highest BCUT2D eigenvalue weighted by atomic mass is 32.1. The fourth-order valence-corrected chi connectivity index (χ4v) is 3.90. The zero-order valence-electron chi connectivity index (χ0n) is 15.0. The van der Waals surface area contributed by atoms with Crippen molar-refractivity contribution in [1.29, 1.82) is 0 Å². The van der Waals surface area contributed by atoms with Gasteiger partial charge in [0.1, 0.15) is 0 Å². The van der Waals surface area contributed by atoms with Gasteiger partial charge in [0.15, 0.2) is 0 Å². The molecule has 1 aliphatic heterocycles. The standard InChI is InChI=1S/C19H20N6OS/c1-13-23-15(12-27-13)10-18(26)25-9-2-4-17(25)16-6-5-14(11-22-16)24-19-20-7-3-8-21-19/h3,5-8,11-12,17H,2,4,9-10H2,1H3,(H,20,21,24). The lowest BCUT2D eigenvalue weighted by atomic mass is 10.1. The van der Waals surface area contributed by atoms with Gasteiger partial charge in [-0.2, -0.15) is 0 Å². The van der Waals surface area contributed by atoms with Crippen LogP contribution in [0, 0.1) is 6.92 Å². The maximum absolute atomic E-state index is 12.7. The summed E-state index contributed by atoms with van der Waals surface area (Å²) < 4.78 is 0. The quantitative estimate of drug-likeness (QED) is 0.731. The maximum atomic E-state index is 12.7. The molecule has 27 heavy (non-hydrogen) atoms. The molecule has 0 spiro atoms. The van der Waals surface area contributed by atoms with E-state index in [0.717, 1.165) is 41.5 Å². The number of likely N-dealkylation sites (tertiary alicyclic amines) is 1. The predicted octanol–water partition coefficient (Wildman–Crippen LogP) is 3.29. The van der Waals surface area contributed by atoms with Crippen LogP contribution in [0.5, 0.6) is 0 Å². The number of nitrogens with zero attached hydrogens (tertiary/aromatic N) is 5. The van der Waals surface area contributed by atoms with Gasteiger partial charge in [-0.3, -0.25) is 9.78 Å². The first kappa shape index (κ1) is 17.5. The summed E-state index contributed by atoms with van der Waals surface area (Å²) in [4.78, 5) is 32.0. The molecule has 1 atom stereocenters. The van der Waals surface area contributed by atoms with Crippen molar-refractivity contribution in [1.82, 2.24) is 24.8 Å². The first-order valence-corrected chi connectivity index (χ1v) is 9.77. The largest absolute Gasteiger partial charge is 0.334 e. The molecule has 1 amide bonds. The second-order valence-corrected chi connectivity index (χ2v) is 7.51. The number of carbonyl (C=O) groups is 1. The van der Waals surface area contributed by atoms with Crippen molar-refractivity contribution in [2.75, 3.05) is 11.9 Å². The Morgan fingerprint density at radius 1 is 1.30 bits per heavy atom. The summed E-state index contributed by atoms with van der Waals surface area (Å²) in [6.07, 6.45) is 7.41. The van der Waals surface area contributed by atoms with E-state index >= 15 is 0 Å². The molecule has 4 rings (SSSR count). The number of pyridine rings is 1. The third-order valence-electron chi connectivity index (χ3n) is 4.52. The number of amides is 1. The number of aromatic nitrogens is 4. The van der Waals surface area contributed by atoms with Crippen LogP contribution in [0.4, 0.5) is 11.6 Å². The van der Waals surface area contributed by atoms with Gasteiger partial charge >= 0.3 is 0 Å². The number of carbonyl (C=O) groups excluding carboxylic acids is 1. The van der Waals surface area contributed by atoms with Gasteiger partial charge in [-0.05, 0) is 38.0 Å². The van der Waals surface area contributed by atoms with Gasteiger partial charge in [-0.25, -0.2) is 15.0 Å². The highest BCUT2D eigenvalue weighted by Crippen LogP contribution is 2.32. The molecule has 1 unspecified atom stereocenters. The van der Waals surface area contributed by atoms with Crippen LogP contribution in [-0.4, -0.2) is 37.3 Å². The van der Waals surface area contributed by atoms with Crippen LogP contribution >= 0.6 is 11.3 Å². The summed E-state index contributed by atoms with van der Waals surface area (Å²) in [6.45, 7) is 2.73. The molecular formula is C19H20N6OS. The Bertz CT molecular complexity index is 911. The minimum Gasteiger partial charge on any atom is -0.334 e.